The van der Waals surface area contributed by atoms with Gasteiger partial charge < -0.3 is 10.3 Å². The van der Waals surface area contributed by atoms with E-state index in [-0.39, 0.29) is 0 Å². The second-order valence-corrected chi connectivity index (χ2v) is 5.53. The van der Waals surface area contributed by atoms with Crippen molar-refractivity contribution in [2.45, 2.75) is 18.9 Å². The lowest BCUT2D eigenvalue weighted by molar-refractivity contribution is 0.751. The summed E-state index contributed by atoms with van der Waals surface area (Å²) >= 11 is 9.41. The number of halogens is 2. The lowest BCUT2D eigenvalue weighted by Crippen LogP contribution is -1.99. The summed E-state index contributed by atoms with van der Waals surface area (Å²) < 4.78 is 2.97. The van der Waals surface area contributed by atoms with Gasteiger partial charge in [0.1, 0.15) is 11.5 Å². The van der Waals surface area contributed by atoms with Crippen LogP contribution in [-0.4, -0.2) is 9.55 Å². The second-order valence-electron chi connectivity index (χ2n) is 4.24. The first-order chi connectivity index (χ1) is 8.16. The summed E-state index contributed by atoms with van der Waals surface area (Å²) in [6.45, 7) is 0. The molecule has 1 aromatic heterocycles. The van der Waals surface area contributed by atoms with Gasteiger partial charge in [0, 0.05) is 21.1 Å². The third-order valence-corrected chi connectivity index (χ3v) is 3.85. The Bertz CT molecular complexity index is 575. The second kappa shape index (κ2) is 4.03. The quantitative estimate of drug-likeness (QED) is 0.914. The van der Waals surface area contributed by atoms with Crippen LogP contribution in [0.4, 0.5) is 5.82 Å². The molecule has 0 spiro atoms. The molecule has 2 aromatic rings. The number of nitrogens with zero attached hydrogens (tertiary/aromatic N) is 2. The highest BCUT2D eigenvalue weighted by atomic mass is 79.9. The molecule has 1 aliphatic rings. The molecule has 1 heterocycles. The molecule has 0 bridgehead atoms. The van der Waals surface area contributed by atoms with Crippen LogP contribution in [0.15, 0.2) is 29.0 Å². The number of imidazole rings is 1. The fraction of sp³-hybridized carbons (Fsp3) is 0.250. The molecular formula is C12H11BrClN3. The Hall–Kier alpha value is -1.00. The van der Waals surface area contributed by atoms with E-state index in [4.69, 9.17) is 17.3 Å². The van der Waals surface area contributed by atoms with Crippen molar-refractivity contribution in [1.82, 2.24) is 9.55 Å². The number of nitrogen functional groups attached to an aromatic ring is 1. The topological polar surface area (TPSA) is 43.8 Å². The van der Waals surface area contributed by atoms with E-state index in [1.165, 1.54) is 12.8 Å². The summed E-state index contributed by atoms with van der Waals surface area (Å²) in [5, 5.41) is 0.695. The summed E-state index contributed by atoms with van der Waals surface area (Å²) in [6, 6.07) is 6.17. The van der Waals surface area contributed by atoms with Crippen molar-refractivity contribution < 1.29 is 0 Å². The maximum absolute atomic E-state index is 6.13. The van der Waals surface area contributed by atoms with Gasteiger partial charge in [-0.2, -0.15) is 0 Å². The van der Waals surface area contributed by atoms with E-state index in [9.17, 15) is 0 Å². The fourth-order valence-electron chi connectivity index (χ4n) is 1.90. The number of hydrogen-bond donors (Lipinski definition) is 1. The predicted molar refractivity (Wildman–Crippen MR) is 73.1 cm³/mol. The third kappa shape index (κ3) is 1.96. The van der Waals surface area contributed by atoms with Gasteiger partial charge in [-0.3, -0.25) is 0 Å². The van der Waals surface area contributed by atoms with Gasteiger partial charge in [0.05, 0.1) is 6.33 Å². The molecule has 2 N–H and O–H groups in total. The van der Waals surface area contributed by atoms with E-state index < -0.39 is 0 Å². The molecule has 5 heteroatoms. The van der Waals surface area contributed by atoms with Crippen LogP contribution in [0, 0.1) is 0 Å². The molecule has 1 fully saturated rings. The van der Waals surface area contributed by atoms with Gasteiger partial charge in [0.15, 0.2) is 0 Å². The zero-order valence-electron chi connectivity index (χ0n) is 9.03. The van der Waals surface area contributed by atoms with Crippen molar-refractivity contribution >= 4 is 33.3 Å². The average Bonchev–Trinajstić information content (AvgIpc) is 3.04. The van der Waals surface area contributed by atoms with Crippen LogP contribution in [0.3, 0.4) is 0 Å². The maximum Gasteiger partial charge on any atom is 0.131 e. The van der Waals surface area contributed by atoms with Crippen LogP contribution in [0.2, 0.25) is 5.02 Å². The predicted octanol–water partition coefficient (Wildman–Crippen LogP) is 3.88. The summed E-state index contributed by atoms with van der Waals surface area (Å²) in [5.41, 5.74) is 7.93. The molecule has 88 valence electrons. The van der Waals surface area contributed by atoms with E-state index in [2.05, 4.69) is 25.5 Å². The lowest BCUT2D eigenvalue weighted by Gasteiger charge is -2.05. The van der Waals surface area contributed by atoms with Gasteiger partial charge in [0.2, 0.25) is 0 Å². The van der Waals surface area contributed by atoms with E-state index in [0.717, 1.165) is 21.5 Å². The molecule has 3 rings (SSSR count). The number of hydrogen-bond acceptors (Lipinski definition) is 2. The first-order valence-corrected chi connectivity index (χ1v) is 6.61. The third-order valence-electron chi connectivity index (χ3n) is 2.96. The number of aromatic nitrogens is 2. The van der Waals surface area contributed by atoms with Crippen molar-refractivity contribution in [3.63, 3.8) is 0 Å². The Morgan fingerprint density at radius 3 is 2.82 bits per heavy atom. The summed E-state index contributed by atoms with van der Waals surface area (Å²) in [4.78, 5) is 4.40. The van der Waals surface area contributed by atoms with E-state index in [1.807, 2.05) is 24.5 Å². The zero-order valence-corrected chi connectivity index (χ0v) is 11.4. The Morgan fingerprint density at radius 2 is 2.18 bits per heavy atom. The minimum atomic E-state index is 0.544. The van der Waals surface area contributed by atoms with Crippen molar-refractivity contribution in [1.29, 1.82) is 0 Å². The lowest BCUT2D eigenvalue weighted by atomic mass is 10.1. The summed E-state index contributed by atoms with van der Waals surface area (Å²) in [7, 11) is 0. The molecule has 1 aliphatic carbocycles. The molecule has 0 amide bonds. The smallest absolute Gasteiger partial charge is 0.131 e. The van der Waals surface area contributed by atoms with Crippen molar-refractivity contribution in [2.24, 2.45) is 0 Å². The Balaban J connectivity index is 2.08. The number of benzene rings is 1. The van der Waals surface area contributed by atoms with Crippen LogP contribution in [0.25, 0.3) is 11.3 Å². The van der Waals surface area contributed by atoms with Crippen molar-refractivity contribution in [3.8, 4) is 11.3 Å². The molecule has 0 atom stereocenters. The van der Waals surface area contributed by atoms with Gasteiger partial charge >= 0.3 is 0 Å². The Labute approximate surface area is 113 Å². The highest BCUT2D eigenvalue weighted by molar-refractivity contribution is 9.10. The van der Waals surface area contributed by atoms with E-state index in [0.29, 0.717) is 11.1 Å². The fourth-order valence-corrected chi connectivity index (χ4v) is 2.77. The first-order valence-electron chi connectivity index (χ1n) is 5.44. The van der Waals surface area contributed by atoms with E-state index in [1.54, 1.807) is 0 Å². The van der Waals surface area contributed by atoms with Crippen LogP contribution in [0.1, 0.15) is 18.9 Å². The molecular weight excluding hydrogens is 302 g/mol. The number of nitrogens with two attached hydrogens (primary N) is 1. The van der Waals surface area contributed by atoms with E-state index >= 15 is 0 Å². The largest absolute Gasteiger partial charge is 0.383 e. The first kappa shape index (κ1) is 11.1. The van der Waals surface area contributed by atoms with Crippen LogP contribution in [-0.2, 0) is 0 Å². The normalized spacial score (nSPS) is 15.2. The molecule has 0 radical (unpaired) electrons. The van der Waals surface area contributed by atoms with Crippen LogP contribution in [0.5, 0.6) is 0 Å². The van der Waals surface area contributed by atoms with Gasteiger partial charge in [-0.1, -0.05) is 33.6 Å². The average molecular weight is 313 g/mol. The van der Waals surface area contributed by atoms with Gasteiger partial charge in [-0.15, -0.1) is 0 Å². The van der Waals surface area contributed by atoms with Gasteiger partial charge in [-0.25, -0.2) is 4.98 Å². The molecule has 0 unspecified atom stereocenters. The molecule has 1 aromatic carbocycles. The number of anilines is 1. The maximum atomic E-state index is 6.13. The number of rotatable bonds is 2. The zero-order chi connectivity index (χ0) is 12.0. The van der Waals surface area contributed by atoms with Crippen LogP contribution >= 0.6 is 27.5 Å². The SMILES string of the molecule is Nc1c(-c2ccc(Cl)cc2Br)ncn1C1CC1. The molecule has 0 aliphatic heterocycles. The molecule has 1 saturated carbocycles. The highest BCUT2D eigenvalue weighted by Crippen LogP contribution is 2.40. The molecule has 0 saturated heterocycles. The Morgan fingerprint density at radius 1 is 1.41 bits per heavy atom. The minimum absolute atomic E-state index is 0.544. The van der Waals surface area contributed by atoms with Gasteiger partial charge in [-0.05, 0) is 25.0 Å². The standard InChI is InChI=1S/C12H11BrClN3/c13-10-5-7(14)1-4-9(10)11-12(15)17(6-16-11)8-2-3-8/h1,4-6,8H,2-3,15H2. The summed E-state index contributed by atoms with van der Waals surface area (Å²) in [5.74, 6) is 0.732. The van der Waals surface area contributed by atoms with Crippen LogP contribution < -0.4 is 5.73 Å². The molecule has 3 nitrogen and oxygen atoms in total. The van der Waals surface area contributed by atoms with Gasteiger partial charge in [0.25, 0.3) is 0 Å². The Kier molecular flexibility index (Phi) is 2.64. The highest BCUT2D eigenvalue weighted by Gasteiger charge is 2.26. The van der Waals surface area contributed by atoms with Crippen molar-refractivity contribution in [2.75, 3.05) is 5.73 Å². The minimum Gasteiger partial charge on any atom is -0.383 e. The monoisotopic (exact) mass is 311 g/mol. The summed E-state index contributed by atoms with van der Waals surface area (Å²) in [6.07, 6.45) is 4.22. The molecule has 17 heavy (non-hydrogen) atoms. The van der Waals surface area contributed by atoms with Crippen molar-refractivity contribution in [3.05, 3.63) is 34.0 Å².